The molecule has 0 atom stereocenters. The first-order valence-electron chi connectivity index (χ1n) is 3.73. The fraction of sp³-hybridized carbons (Fsp3) is 0.444. The lowest BCUT2D eigenvalue weighted by Crippen LogP contribution is -2.15. The van der Waals surface area contributed by atoms with Crippen LogP contribution in [0.4, 0.5) is 4.39 Å². The normalized spacial score (nSPS) is 11.8. The molecule has 1 nitrogen and oxygen atoms in total. The van der Waals surface area contributed by atoms with Gasteiger partial charge >= 0.3 is 0 Å². The minimum Gasteiger partial charge on any atom is -0.257 e. The lowest BCUT2D eigenvalue weighted by atomic mass is 9.91. The minimum absolute atomic E-state index is 0.231. The maximum atomic E-state index is 13.3. The highest BCUT2D eigenvalue weighted by molar-refractivity contribution is 9.10. The van der Waals surface area contributed by atoms with E-state index >= 15 is 0 Å². The number of halogens is 2. The van der Waals surface area contributed by atoms with E-state index in [-0.39, 0.29) is 11.2 Å². The Labute approximate surface area is 80.1 Å². The molecule has 12 heavy (non-hydrogen) atoms. The van der Waals surface area contributed by atoms with E-state index in [2.05, 4.69) is 20.9 Å². The SMILES string of the molecule is CC(C)(C)c1ncc(Br)cc1F. The summed E-state index contributed by atoms with van der Waals surface area (Å²) >= 11 is 3.16. The Kier molecular flexibility index (Phi) is 2.52. The fourth-order valence-electron chi connectivity index (χ4n) is 0.966. The molecule has 0 aliphatic heterocycles. The van der Waals surface area contributed by atoms with Crippen molar-refractivity contribution in [2.24, 2.45) is 0 Å². The van der Waals surface area contributed by atoms with Crippen LogP contribution in [0.2, 0.25) is 0 Å². The molecule has 0 fully saturated rings. The zero-order chi connectivity index (χ0) is 9.35. The molecule has 0 aliphatic carbocycles. The van der Waals surface area contributed by atoms with Gasteiger partial charge in [0.2, 0.25) is 0 Å². The van der Waals surface area contributed by atoms with Gasteiger partial charge in [-0.15, -0.1) is 0 Å². The van der Waals surface area contributed by atoms with E-state index in [9.17, 15) is 4.39 Å². The molecule has 0 spiro atoms. The summed E-state index contributed by atoms with van der Waals surface area (Å²) in [6.45, 7) is 5.81. The summed E-state index contributed by atoms with van der Waals surface area (Å²) in [6, 6.07) is 1.44. The summed E-state index contributed by atoms with van der Waals surface area (Å²) in [4.78, 5) is 4.03. The van der Waals surface area contributed by atoms with Crippen LogP contribution in [-0.2, 0) is 5.41 Å². The molecule has 0 saturated carbocycles. The number of aromatic nitrogens is 1. The Hall–Kier alpha value is -0.440. The van der Waals surface area contributed by atoms with Gasteiger partial charge in [0.1, 0.15) is 5.82 Å². The largest absolute Gasteiger partial charge is 0.257 e. The highest BCUT2D eigenvalue weighted by Crippen LogP contribution is 2.24. The van der Waals surface area contributed by atoms with Gasteiger partial charge in [0.15, 0.2) is 0 Å². The molecule has 1 heterocycles. The second-order valence-electron chi connectivity index (χ2n) is 3.73. The first kappa shape index (κ1) is 9.65. The van der Waals surface area contributed by atoms with E-state index in [1.807, 2.05) is 20.8 Å². The lowest BCUT2D eigenvalue weighted by Gasteiger charge is -2.17. The molecule has 66 valence electrons. The second kappa shape index (κ2) is 3.13. The van der Waals surface area contributed by atoms with Gasteiger partial charge in [0.05, 0.1) is 5.69 Å². The molecule has 0 saturated heterocycles. The van der Waals surface area contributed by atoms with Crippen molar-refractivity contribution in [3.05, 3.63) is 28.2 Å². The van der Waals surface area contributed by atoms with Gasteiger partial charge < -0.3 is 0 Å². The standard InChI is InChI=1S/C9H11BrFN/c1-9(2,3)8-7(11)4-6(10)5-12-8/h4-5H,1-3H3. The Balaban J connectivity index is 3.19. The van der Waals surface area contributed by atoms with Crippen molar-refractivity contribution in [1.82, 2.24) is 4.98 Å². The molecule has 0 bridgehead atoms. The first-order valence-corrected chi connectivity index (χ1v) is 4.52. The van der Waals surface area contributed by atoms with Crippen molar-refractivity contribution in [1.29, 1.82) is 0 Å². The number of nitrogens with zero attached hydrogens (tertiary/aromatic N) is 1. The average molecular weight is 232 g/mol. The predicted octanol–water partition coefficient (Wildman–Crippen LogP) is 3.28. The first-order chi connectivity index (χ1) is 5.41. The fourth-order valence-corrected chi connectivity index (χ4v) is 1.27. The molecule has 1 aromatic rings. The van der Waals surface area contributed by atoms with Crippen molar-refractivity contribution >= 4 is 15.9 Å². The second-order valence-corrected chi connectivity index (χ2v) is 4.65. The quantitative estimate of drug-likeness (QED) is 0.668. The van der Waals surface area contributed by atoms with Gasteiger partial charge in [-0.3, -0.25) is 4.98 Å². The monoisotopic (exact) mass is 231 g/mol. The summed E-state index contributed by atoms with van der Waals surface area (Å²) in [7, 11) is 0. The van der Waals surface area contributed by atoms with Crippen LogP contribution < -0.4 is 0 Å². The van der Waals surface area contributed by atoms with E-state index in [4.69, 9.17) is 0 Å². The Morgan fingerprint density at radius 1 is 1.42 bits per heavy atom. The van der Waals surface area contributed by atoms with Gasteiger partial charge in [0, 0.05) is 16.1 Å². The number of hydrogen-bond donors (Lipinski definition) is 0. The van der Waals surface area contributed by atoms with Crippen molar-refractivity contribution in [3.8, 4) is 0 Å². The third-order valence-corrected chi connectivity index (χ3v) is 1.95. The van der Waals surface area contributed by atoms with Crippen LogP contribution in [-0.4, -0.2) is 4.98 Å². The molecule has 0 amide bonds. The molecule has 0 aromatic carbocycles. The summed E-state index contributed by atoms with van der Waals surface area (Å²) in [5.41, 5.74) is 0.274. The van der Waals surface area contributed by atoms with Crippen LogP contribution in [0.3, 0.4) is 0 Å². The minimum atomic E-state index is -0.253. The van der Waals surface area contributed by atoms with E-state index in [0.717, 1.165) is 0 Å². The third-order valence-electron chi connectivity index (χ3n) is 1.52. The highest BCUT2D eigenvalue weighted by Gasteiger charge is 2.19. The maximum Gasteiger partial charge on any atom is 0.146 e. The van der Waals surface area contributed by atoms with Gasteiger partial charge in [-0.25, -0.2) is 4.39 Å². The molecular formula is C9H11BrFN. The van der Waals surface area contributed by atoms with Crippen LogP contribution in [0.15, 0.2) is 16.7 Å². The van der Waals surface area contributed by atoms with Crippen molar-refractivity contribution in [3.63, 3.8) is 0 Å². The molecule has 3 heteroatoms. The molecule has 0 N–H and O–H groups in total. The maximum absolute atomic E-state index is 13.3. The van der Waals surface area contributed by atoms with Crippen molar-refractivity contribution < 1.29 is 4.39 Å². The number of hydrogen-bond acceptors (Lipinski definition) is 1. The molecule has 1 rings (SSSR count). The summed E-state index contributed by atoms with van der Waals surface area (Å²) in [5, 5.41) is 0. The van der Waals surface area contributed by atoms with Crippen LogP contribution >= 0.6 is 15.9 Å². The molecule has 1 aromatic heterocycles. The smallest absolute Gasteiger partial charge is 0.146 e. The Bertz CT molecular complexity index is 291. The highest BCUT2D eigenvalue weighted by atomic mass is 79.9. The predicted molar refractivity (Wildman–Crippen MR) is 50.6 cm³/mol. The van der Waals surface area contributed by atoms with Crippen LogP contribution in [0, 0.1) is 5.82 Å². The molecular weight excluding hydrogens is 221 g/mol. The zero-order valence-electron chi connectivity index (χ0n) is 7.36. The molecule has 0 unspecified atom stereocenters. The van der Waals surface area contributed by atoms with Crippen LogP contribution in [0.25, 0.3) is 0 Å². The molecule has 0 radical (unpaired) electrons. The van der Waals surface area contributed by atoms with Gasteiger partial charge in [0.25, 0.3) is 0 Å². The Morgan fingerprint density at radius 3 is 2.42 bits per heavy atom. The number of rotatable bonds is 0. The van der Waals surface area contributed by atoms with Gasteiger partial charge in [-0.05, 0) is 22.0 Å². The van der Waals surface area contributed by atoms with E-state index in [1.54, 1.807) is 6.20 Å². The third kappa shape index (κ3) is 2.03. The summed E-state index contributed by atoms with van der Waals surface area (Å²) in [5.74, 6) is -0.253. The Morgan fingerprint density at radius 2 is 2.00 bits per heavy atom. The van der Waals surface area contributed by atoms with Gasteiger partial charge in [-0.2, -0.15) is 0 Å². The van der Waals surface area contributed by atoms with Crippen molar-refractivity contribution in [2.75, 3.05) is 0 Å². The van der Waals surface area contributed by atoms with Crippen LogP contribution in [0.1, 0.15) is 26.5 Å². The van der Waals surface area contributed by atoms with Gasteiger partial charge in [-0.1, -0.05) is 20.8 Å². The summed E-state index contributed by atoms with van der Waals surface area (Å²) < 4.78 is 13.9. The van der Waals surface area contributed by atoms with E-state index in [0.29, 0.717) is 10.2 Å². The summed E-state index contributed by atoms with van der Waals surface area (Å²) in [6.07, 6.45) is 1.61. The number of pyridine rings is 1. The average Bonchev–Trinajstić information content (AvgIpc) is 1.83. The van der Waals surface area contributed by atoms with E-state index < -0.39 is 0 Å². The van der Waals surface area contributed by atoms with Crippen molar-refractivity contribution in [2.45, 2.75) is 26.2 Å². The molecule has 0 aliphatic rings. The topological polar surface area (TPSA) is 12.9 Å². The van der Waals surface area contributed by atoms with Crippen LogP contribution in [0.5, 0.6) is 0 Å². The lowest BCUT2D eigenvalue weighted by molar-refractivity contribution is 0.502. The van der Waals surface area contributed by atoms with E-state index in [1.165, 1.54) is 6.07 Å². The zero-order valence-corrected chi connectivity index (χ0v) is 8.94.